The van der Waals surface area contributed by atoms with Crippen LogP contribution in [0.3, 0.4) is 0 Å². The molecule has 3 fully saturated rings. The summed E-state index contributed by atoms with van der Waals surface area (Å²) in [4.78, 5) is 31.2. The van der Waals surface area contributed by atoms with Crippen molar-refractivity contribution in [3.8, 4) is 34.2 Å². The predicted octanol–water partition coefficient (Wildman–Crippen LogP) is 10.0. The third-order valence-corrected chi connectivity index (χ3v) is 14.7. The highest BCUT2D eigenvalue weighted by molar-refractivity contribution is 5.92. The molecule has 10 aromatic rings. The van der Waals surface area contributed by atoms with Crippen LogP contribution in [-0.4, -0.2) is 118 Å². The fourth-order valence-corrected chi connectivity index (χ4v) is 10.5. The van der Waals surface area contributed by atoms with Crippen molar-refractivity contribution in [1.82, 2.24) is 65.8 Å². The summed E-state index contributed by atoms with van der Waals surface area (Å²) in [6, 6.07) is 25.8. The molecular weight excluding hydrogens is 1100 g/mol. The van der Waals surface area contributed by atoms with Crippen LogP contribution in [0.15, 0.2) is 116 Å². The molecule has 18 nitrogen and oxygen atoms in total. The zero-order chi connectivity index (χ0) is 58.2. The normalized spacial score (nSPS) is 17.2. The summed E-state index contributed by atoms with van der Waals surface area (Å²) in [5.74, 6) is 1.48. The van der Waals surface area contributed by atoms with Gasteiger partial charge in [0.25, 0.3) is 0 Å². The van der Waals surface area contributed by atoms with Gasteiger partial charge < -0.3 is 31.5 Å². The standard InChI is InChI=1S/C23H21F3N6.C17H17F3N6.C16H15F3N6/c1-14-5-2-3-6-15(14)18-13-32(12-11-27-18)19-9-8-17(23(24,25)26)21(29-19)20-16-7-4-10-28-22(16)31-30-20;18-17(19,20)12-3-4-13(26-8-5-10(21)6-9-26)23-15(12)14-11-2-1-7-22-16(11)25-24-14;17-16(18,19)11-3-4-12(25-7-5-9(20)8-25)22-14(11)13-10-2-1-6-21-15(10)24-23-13/h2-10,18,27H,11-13H2,1H3,(H,28,30,31);1-4,7,10H,5-6,8-9,21H2,(H,22,24,25);1-4,6,9H,5,7-8,20H2,(H,21,23,24). The zero-order valence-corrected chi connectivity index (χ0v) is 44.2. The molecule has 13 rings (SSSR count). The Labute approximate surface area is 467 Å². The van der Waals surface area contributed by atoms with E-state index < -0.39 is 35.2 Å². The summed E-state index contributed by atoms with van der Waals surface area (Å²) in [7, 11) is 0. The van der Waals surface area contributed by atoms with E-state index in [0.717, 1.165) is 37.5 Å². The second-order valence-electron chi connectivity index (χ2n) is 20.2. The number of aromatic amines is 3. The molecule has 0 aliphatic carbocycles. The maximum Gasteiger partial charge on any atom is 0.418 e. The van der Waals surface area contributed by atoms with E-state index in [0.29, 0.717) is 96.4 Å². The molecule has 1 aromatic carbocycles. The van der Waals surface area contributed by atoms with E-state index in [-0.39, 0.29) is 52.3 Å². The van der Waals surface area contributed by atoms with Crippen molar-refractivity contribution in [2.75, 3.05) is 60.5 Å². The van der Waals surface area contributed by atoms with Gasteiger partial charge in [-0.05, 0) is 110 Å². The molecule has 3 saturated heterocycles. The fraction of sp³-hybridized carbons (Fsp3) is 0.304. The maximum absolute atomic E-state index is 13.8. The first kappa shape index (κ1) is 56.1. The van der Waals surface area contributed by atoms with Crippen LogP contribution in [0.4, 0.5) is 57.0 Å². The van der Waals surface area contributed by atoms with Gasteiger partial charge in [-0.1, -0.05) is 24.3 Å². The molecule has 83 heavy (non-hydrogen) atoms. The number of hydrogen-bond donors (Lipinski definition) is 6. The molecule has 9 aromatic heterocycles. The van der Waals surface area contributed by atoms with Gasteiger partial charge in [-0.3, -0.25) is 15.3 Å². The number of hydrogen-bond acceptors (Lipinski definition) is 15. The number of nitrogens with zero attached hydrogens (tertiary/aromatic N) is 12. The van der Waals surface area contributed by atoms with Crippen LogP contribution < -0.4 is 31.5 Å². The molecular formula is C56H53F9N18. The highest BCUT2D eigenvalue weighted by Gasteiger charge is 2.39. The third-order valence-electron chi connectivity index (χ3n) is 14.7. The number of fused-ring (bicyclic) bond motifs is 3. The number of piperazine rings is 1. The van der Waals surface area contributed by atoms with Crippen molar-refractivity contribution in [2.24, 2.45) is 11.5 Å². The number of piperidine rings is 1. The average molecular weight is 1150 g/mol. The van der Waals surface area contributed by atoms with Crippen molar-refractivity contribution in [3.63, 3.8) is 0 Å². The molecule has 0 amide bonds. The molecule has 0 saturated carbocycles. The number of aromatic nitrogens is 12. The minimum atomic E-state index is -4.55. The molecule has 430 valence electrons. The van der Waals surface area contributed by atoms with Gasteiger partial charge in [0.1, 0.15) is 34.5 Å². The number of halogens is 9. The van der Waals surface area contributed by atoms with Crippen LogP contribution in [0.2, 0.25) is 0 Å². The summed E-state index contributed by atoms with van der Waals surface area (Å²) < 4.78 is 123. The Morgan fingerprint density at radius 1 is 0.458 bits per heavy atom. The maximum atomic E-state index is 13.8. The van der Waals surface area contributed by atoms with Gasteiger partial charge in [-0.15, -0.1) is 0 Å². The number of aryl methyl sites for hydroxylation is 1. The Bertz CT molecular complexity index is 3900. The minimum absolute atomic E-state index is 0.00438. The van der Waals surface area contributed by atoms with Crippen LogP contribution in [0.1, 0.15) is 53.1 Å². The molecule has 0 radical (unpaired) electrons. The van der Waals surface area contributed by atoms with Crippen molar-refractivity contribution in [1.29, 1.82) is 0 Å². The molecule has 2 unspecified atom stereocenters. The summed E-state index contributed by atoms with van der Waals surface area (Å²) in [6.07, 6.45) is -6.61. The topological polar surface area (TPSA) is 237 Å². The Morgan fingerprint density at radius 2 is 0.855 bits per heavy atom. The highest BCUT2D eigenvalue weighted by Crippen LogP contribution is 2.42. The summed E-state index contributed by atoms with van der Waals surface area (Å²) in [5.41, 5.74) is 12.9. The SMILES string of the molecule is Cc1ccccc1C1CN(c2ccc(C(F)(F)F)c(-c3[nH]nc4ncccc34)n2)CCN1.NC1CCN(c2ccc(C(F)(F)F)c(-c3[nH]nc4ncccc34)n2)C1.NC1CCN(c2ccc(C(F)(F)F)c(-c3[nH]nc4ncccc34)n2)CC1. The van der Waals surface area contributed by atoms with E-state index in [4.69, 9.17) is 11.5 Å². The number of nitrogens with two attached hydrogens (primary N) is 2. The van der Waals surface area contributed by atoms with Crippen molar-refractivity contribution >= 4 is 50.6 Å². The fourth-order valence-electron chi connectivity index (χ4n) is 10.5. The van der Waals surface area contributed by atoms with Gasteiger partial charge in [0.2, 0.25) is 0 Å². The molecule has 3 aliphatic rings. The lowest BCUT2D eigenvalue weighted by molar-refractivity contribution is -0.138. The van der Waals surface area contributed by atoms with Gasteiger partial charge in [-0.25, -0.2) is 29.9 Å². The van der Waals surface area contributed by atoms with Gasteiger partial charge in [-0.2, -0.15) is 54.8 Å². The van der Waals surface area contributed by atoms with E-state index in [1.807, 2.05) is 26.8 Å². The van der Waals surface area contributed by atoms with Gasteiger partial charge in [0.05, 0.1) is 39.8 Å². The summed E-state index contributed by atoms with van der Waals surface area (Å²) in [6.45, 7) is 6.59. The van der Waals surface area contributed by atoms with Crippen molar-refractivity contribution in [2.45, 2.75) is 62.8 Å². The lowest BCUT2D eigenvalue weighted by Crippen LogP contribution is -2.46. The Balaban J connectivity index is 0.000000132. The largest absolute Gasteiger partial charge is 0.418 e. The van der Waals surface area contributed by atoms with Crippen molar-refractivity contribution < 1.29 is 39.5 Å². The van der Waals surface area contributed by atoms with Crippen LogP contribution in [0.25, 0.3) is 67.3 Å². The van der Waals surface area contributed by atoms with E-state index in [1.54, 1.807) is 48.8 Å². The molecule has 3 aliphatic heterocycles. The van der Waals surface area contributed by atoms with Gasteiger partial charge in [0, 0.05) is 92.6 Å². The molecule has 12 heterocycles. The first-order chi connectivity index (χ1) is 39.8. The van der Waals surface area contributed by atoms with E-state index >= 15 is 0 Å². The summed E-state index contributed by atoms with van der Waals surface area (Å²) >= 11 is 0. The molecule has 0 bridgehead atoms. The second-order valence-corrected chi connectivity index (χ2v) is 20.2. The lowest BCUT2D eigenvalue weighted by atomic mass is 9.99. The molecule has 8 N–H and O–H groups in total. The van der Waals surface area contributed by atoms with Gasteiger partial charge in [0.15, 0.2) is 16.9 Å². The van der Waals surface area contributed by atoms with Crippen molar-refractivity contribution in [3.05, 3.63) is 143 Å². The van der Waals surface area contributed by atoms with Crippen LogP contribution in [-0.2, 0) is 18.5 Å². The zero-order valence-electron chi connectivity index (χ0n) is 44.2. The number of benzene rings is 1. The Morgan fingerprint density at radius 3 is 1.27 bits per heavy atom. The monoisotopic (exact) mass is 1150 g/mol. The number of alkyl halides is 9. The minimum Gasteiger partial charge on any atom is -0.356 e. The van der Waals surface area contributed by atoms with Crippen LogP contribution in [0.5, 0.6) is 0 Å². The third kappa shape index (κ3) is 11.9. The Hall–Kier alpha value is -8.82. The summed E-state index contributed by atoms with van der Waals surface area (Å²) in [5, 5.41) is 25.1. The number of pyridine rings is 6. The Kier molecular flexibility index (Phi) is 15.4. The lowest BCUT2D eigenvalue weighted by Gasteiger charge is -2.35. The predicted molar refractivity (Wildman–Crippen MR) is 295 cm³/mol. The van der Waals surface area contributed by atoms with E-state index in [1.165, 1.54) is 35.5 Å². The number of anilines is 3. The van der Waals surface area contributed by atoms with E-state index in [9.17, 15) is 39.5 Å². The van der Waals surface area contributed by atoms with E-state index in [2.05, 4.69) is 84.9 Å². The number of nitrogens with one attached hydrogen (secondary N) is 4. The number of rotatable bonds is 7. The van der Waals surface area contributed by atoms with Crippen LogP contribution in [0, 0.1) is 6.92 Å². The first-order valence-electron chi connectivity index (χ1n) is 26.5. The second kappa shape index (κ2) is 22.8. The quantitative estimate of drug-likeness (QED) is 0.0815. The van der Waals surface area contributed by atoms with Crippen LogP contribution >= 0.6 is 0 Å². The number of H-pyrrole nitrogens is 3. The van der Waals surface area contributed by atoms with Gasteiger partial charge >= 0.3 is 18.5 Å². The first-order valence-corrected chi connectivity index (χ1v) is 26.5. The smallest absolute Gasteiger partial charge is 0.356 e. The molecule has 27 heteroatoms. The molecule has 2 atom stereocenters. The highest BCUT2D eigenvalue weighted by atomic mass is 19.4. The average Bonchev–Trinajstić information content (AvgIpc) is 4.54. The molecule has 0 spiro atoms.